The van der Waals surface area contributed by atoms with Gasteiger partial charge in [0.25, 0.3) is 0 Å². The summed E-state index contributed by atoms with van der Waals surface area (Å²) in [6.07, 6.45) is 2.16. The normalized spacial score (nSPS) is 11.4. The highest BCUT2D eigenvalue weighted by Gasteiger charge is 2.19. The first-order chi connectivity index (χ1) is 18.1. The lowest BCUT2D eigenvalue weighted by atomic mass is 10.2. The molecule has 1 N–H and O–H groups in total. The van der Waals surface area contributed by atoms with Crippen LogP contribution in [0.15, 0.2) is 40.2 Å². The zero-order valence-corrected chi connectivity index (χ0v) is 22.2. The number of hydrogen-bond acceptors (Lipinski definition) is 8. The lowest BCUT2D eigenvalue weighted by molar-refractivity contribution is 0.544. The van der Waals surface area contributed by atoms with E-state index in [1.165, 1.54) is 22.3 Å². The number of thiazole rings is 1. The van der Waals surface area contributed by atoms with Gasteiger partial charge in [-0.2, -0.15) is 10.1 Å². The van der Waals surface area contributed by atoms with E-state index in [4.69, 9.17) is 23.2 Å². The zero-order chi connectivity index (χ0) is 27.1. The highest BCUT2D eigenvalue weighted by molar-refractivity contribution is 7.18. The maximum atomic E-state index is 14.6. The number of rotatable bonds is 7. The van der Waals surface area contributed by atoms with Gasteiger partial charge in [-0.15, -0.1) is 11.3 Å². The number of aryl methyl sites for hydroxylation is 2. The minimum Gasteiger partial charge on any atom is -0.324 e. The molecule has 0 aliphatic rings. The van der Waals surface area contributed by atoms with E-state index in [0.717, 1.165) is 31.3 Å². The van der Waals surface area contributed by atoms with Crippen LogP contribution in [0.3, 0.4) is 0 Å². The molecule has 0 saturated heterocycles. The first-order valence-corrected chi connectivity index (χ1v) is 12.8. The van der Waals surface area contributed by atoms with Crippen LogP contribution in [0.2, 0.25) is 10.0 Å². The Hall–Kier alpha value is -3.68. The quantitative estimate of drug-likeness (QED) is 0.289. The lowest BCUT2D eigenvalue weighted by Gasteiger charge is -2.16. The molecule has 0 radical (unpaired) electrons. The molecule has 0 amide bonds. The zero-order valence-electron chi connectivity index (χ0n) is 19.9. The van der Waals surface area contributed by atoms with E-state index in [-0.39, 0.29) is 33.9 Å². The molecule has 0 aliphatic carbocycles. The smallest absolute Gasteiger partial charge is 0.324 e. The van der Waals surface area contributed by atoms with Gasteiger partial charge in [0.15, 0.2) is 5.82 Å². The third-order valence-corrected chi connectivity index (χ3v) is 7.35. The first kappa shape index (κ1) is 25.9. The Bertz CT molecular complexity index is 1810. The fourth-order valence-electron chi connectivity index (χ4n) is 3.72. The number of benzene rings is 2. The number of nitrogens with zero attached hydrogens (tertiary/aromatic N) is 7. The van der Waals surface area contributed by atoms with Gasteiger partial charge >= 0.3 is 11.4 Å². The summed E-state index contributed by atoms with van der Waals surface area (Å²) in [5.41, 5.74) is -0.757. The van der Waals surface area contributed by atoms with Gasteiger partial charge in [-0.1, -0.05) is 30.1 Å². The van der Waals surface area contributed by atoms with Gasteiger partial charge in [-0.3, -0.25) is 9.25 Å². The summed E-state index contributed by atoms with van der Waals surface area (Å²) in [5, 5.41) is 7.87. The summed E-state index contributed by atoms with van der Waals surface area (Å²) in [6.45, 7) is 1.29. The topological polar surface area (TPSA) is 113 Å². The van der Waals surface area contributed by atoms with E-state index in [1.54, 1.807) is 19.2 Å². The van der Waals surface area contributed by atoms with Crippen molar-refractivity contribution in [1.29, 1.82) is 0 Å². The number of aromatic nitrogens is 7. The third-order valence-electron chi connectivity index (χ3n) is 5.58. The summed E-state index contributed by atoms with van der Waals surface area (Å²) in [7, 11) is 1.64. The standard InChI is InChI=1S/C23H18Cl2F2N8O2S/c1-3-20-29-17-5-13(25)16(7-18(17)38-20)30-21-31-22(36)35(9-19-28-10-33(2)32-19)23(37)34(21)8-11-4-12(24)15(27)6-14(11)26/h4-7,10H,3,8-9H2,1-2H3,(H,30,31,36). The molecule has 0 spiro atoms. The van der Waals surface area contributed by atoms with E-state index >= 15 is 0 Å². The second-order valence-electron chi connectivity index (χ2n) is 8.25. The second kappa shape index (κ2) is 10.2. The Morgan fingerprint density at radius 3 is 2.50 bits per heavy atom. The van der Waals surface area contributed by atoms with Crippen LogP contribution in [-0.2, 0) is 26.6 Å². The molecule has 0 bridgehead atoms. The van der Waals surface area contributed by atoms with Crippen LogP contribution in [0.4, 0.5) is 20.4 Å². The average molecular weight is 579 g/mol. The Morgan fingerprint density at radius 1 is 1.00 bits per heavy atom. The van der Waals surface area contributed by atoms with Crippen molar-refractivity contribution in [2.24, 2.45) is 7.05 Å². The highest BCUT2D eigenvalue weighted by Crippen LogP contribution is 2.33. The summed E-state index contributed by atoms with van der Waals surface area (Å²) >= 11 is 13.8. The van der Waals surface area contributed by atoms with Crippen molar-refractivity contribution in [3.05, 3.63) is 89.6 Å². The molecule has 196 valence electrons. The molecule has 0 aliphatic heterocycles. The highest BCUT2D eigenvalue weighted by atomic mass is 35.5. The molecule has 0 unspecified atom stereocenters. The fourth-order valence-corrected chi connectivity index (χ4v) is 5.04. The molecule has 3 heterocycles. The molecule has 0 fully saturated rings. The maximum Gasteiger partial charge on any atom is 0.355 e. The van der Waals surface area contributed by atoms with Gasteiger partial charge in [0.1, 0.15) is 18.0 Å². The molecular formula is C23H18Cl2F2N8O2S. The van der Waals surface area contributed by atoms with Crippen molar-refractivity contribution in [3.63, 3.8) is 0 Å². The fraction of sp³-hybridized carbons (Fsp3) is 0.217. The van der Waals surface area contributed by atoms with Gasteiger partial charge in [0, 0.05) is 18.7 Å². The molecule has 0 atom stereocenters. The van der Waals surface area contributed by atoms with Crippen molar-refractivity contribution in [3.8, 4) is 0 Å². The summed E-state index contributed by atoms with van der Waals surface area (Å²) < 4.78 is 32.5. The Morgan fingerprint density at radius 2 is 1.79 bits per heavy atom. The summed E-state index contributed by atoms with van der Waals surface area (Å²) in [4.78, 5) is 39.0. The molecular weight excluding hydrogens is 561 g/mol. The Balaban J connectivity index is 1.63. The monoisotopic (exact) mass is 578 g/mol. The van der Waals surface area contributed by atoms with E-state index in [1.807, 2.05) is 6.92 Å². The maximum absolute atomic E-state index is 14.6. The molecule has 38 heavy (non-hydrogen) atoms. The van der Waals surface area contributed by atoms with Crippen molar-refractivity contribution in [2.45, 2.75) is 26.4 Å². The predicted octanol–water partition coefficient (Wildman–Crippen LogP) is 4.13. The van der Waals surface area contributed by atoms with Crippen molar-refractivity contribution >= 4 is 56.4 Å². The molecule has 10 nitrogen and oxygen atoms in total. The van der Waals surface area contributed by atoms with Crippen LogP contribution in [-0.4, -0.2) is 33.9 Å². The lowest BCUT2D eigenvalue weighted by Crippen LogP contribution is -2.43. The Kier molecular flexibility index (Phi) is 6.99. The van der Waals surface area contributed by atoms with Crippen molar-refractivity contribution in [1.82, 2.24) is 33.9 Å². The minimum atomic E-state index is -0.945. The van der Waals surface area contributed by atoms with Gasteiger partial charge in [-0.25, -0.2) is 32.9 Å². The first-order valence-electron chi connectivity index (χ1n) is 11.2. The van der Waals surface area contributed by atoms with Crippen LogP contribution >= 0.6 is 34.5 Å². The van der Waals surface area contributed by atoms with Gasteiger partial charge in [0.2, 0.25) is 5.95 Å². The number of nitrogens with one attached hydrogen (secondary N) is 1. The number of halogens is 4. The van der Waals surface area contributed by atoms with Crippen LogP contribution in [0.1, 0.15) is 23.3 Å². The third kappa shape index (κ3) is 5.04. The SMILES string of the molecule is CCc1nc2cc(Cl)c(Nc3nc(=O)n(Cc4ncn(C)n4)c(=O)n3Cc3cc(Cl)c(F)cc3F)cc2s1. The van der Waals surface area contributed by atoms with Crippen molar-refractivity contribution < 1.29 is 8.78 Å². The van der Waals surface area contributed by atoms with Crippen LogP contribution in [0.25, 0.3) is 10.2 Å². The van der Waals surface area contributed by atoms with Crippen molar-refractivity contribution in [2.75, 3.05) is 5.32 Å². The molecule has 0 saturated carbocycles. The van der Waals surface area contributed by atoms with E-state index in [0.29, 0.717) is 17.3 Å². The van der Waals surface area contributed by atoms with Gasteiger partial charge < -0.3 is 5.32 Å². The minimum absolute atomic E-state index is 0.0962. The Labute approximate surface area is 227 Å². The molecule has 5 aromatic rings. The van der Waals surface area contributed by atoms with E-state index < -0.39 is 29.6 Å². The van der Waals surface area contributed by atoms with E-state index in [2.05, 4.69) is 25.4 Å². The molecule has 5 rings (SSSR count). The molecule has 3 aromatic heterocycles. The van der Waals surface area contributed by atoms with Gasteiger partial charge in [-0.05, 0) is 24.6 Å². The van der Waals surface area contributed by atoms with Crippen LogP contribution in [0.5, 0.6) is 0 Å². The van der Waals surface area contributed by atoms with Crippen LogP contribution < -0.4 is 16.7 Å². The van der Waals surface area contributed by atoms with Crippen LogP contribution in [0, 0.1) is 11.6 Å². The number of fused-ring (bicyclic) bond motifs is 1. The predicted molar refractivity (Wildman–Crippen MR) is 141 cm³/mol. The number of hydrogen-bond donors (Lipinski definition) is 1. The average Bonchev–Trinajstić information content (AvgIpc) is 3.47. The largest absolute Gasteiger partial charge is 0.355 e. The summed E-state index contributed by atoms with van der Waals surface area (Å²) in [6, 6.07) is 5.08. The molecule has 2 aromatic carbocycles. The van der Waals surface area contributed by atoms with Gasteiger partial charge in [0.05, 0.1) is 44.0 Å². The second-order valence-corrected chi connectivity index (χ2v) is 10.2. The molecule has 15 heteroatoms. The summed E-state index contributed by atoms with van der Waals surface area (Å²) in [5.74, 6) is -1.88. The number of anilines is 2. The van der Waals surface area contributed by atoms with E-state index in [9.17, 15) is 18.4 Å².